The number of nitrogens with one attached hydrogen (secondary N) is 1. The van der Waals surface area contributed by atoms with Crippen LogP contribution in [0, 0.1) is 18.8 Å². The van der Waals surface area contributed by atoms with Gasteiger partial charge in [0.05, 0.1) is 7.11 Å². The van der Waals surface area contributed by atoms with Gasteiger partial charge in [-0.15, -0.1) is 0 Å². The Bertz CT molecular complexity index is 681. The number of carbonyl (C=O) groups is 2. The number of rotatable bonds is 3. The van der Waals surface area contributed by atoms with Crippen LogP contribution in [0.25, 0.3) is 0 Å². The van der Waals surface area contributed by atoms with E-state index in [0.717, 1.165) is 32.4 Å². The number of ether oxygens (including phenoxy) is 1. The molecule has 1 aromatic carbocycles. The van der Waals surface area contributed by atoms with Crippen molar-refractivity contribution in [2.24, 2.45) is 11.8 Å². The zero-order chi connectivity index (χ0) is 17.6. The van der Waals surface area contributed by atoms with Crippen molar-refractivity contribution >= 4 is 12.0 Å². The lowest BCUT2D eigenvalue weighted by atomic mass is 9.78. The summed E-state index contributed by atoms with van der Waals surface area (Å²) in [6.07, 6.45) is 3.34. The first-order chi connectivity index (χ1) is 12.0. The largest absolute Gasteiger partial charge is 0.453 e. The maximum atomic E-state index is 12.7. The summed E-state index contributed by atoms with van der Waals surface area (Å²) in [5, 5.41) is 2.77. The normalized spacial score (nSPS) is 33.0. The van der Waals surface area contributed by atoms with Crippen LogP contribution in [-0.4, -0.2) is 43.1 Å². The fourth-order valence-electron chi connectivity index (χ4n) is 4.62. The van der Waals surface area contributed by atoms with Crippen molar-refractivity contribution in [3.8, 4) is 0 Å². The molecule has 5 nitrogen and oxygen atoms in total. The number of fused-ring (bicyclic) bond motifs is 1. The standard InChI is InChI=1S/C20H26N2O3/c1-13-3-5-15(6-4-13)20-7-8-22(12-16(20)11-20)18(23)14-9-17(10-14)21-19(24)25-2/h3-6,14,16-17H,7-12H2,1-2H3,(H,21,24). The Morgan fingerprint density at radius 2 is 1.96 bits per heavy atom. The number of hydrogen-bond donors (Lipinski definition) is 1. The molecule has 2 saturated carbocycles. The number of alkyl carbamates (subject to hydrolysis) is 1. The van der Waals surface area contributed by atoms with E-state index in [1.165, 1.54) is 24.7 Å². The zero-order valence-electron chi connectivity index (χ0n) is 15.0. The maximum absolute atomic E-state index is 12.7. The number of likely N-dealkylation sites (tertiary alicyclic amines) is 1. The summed E-state index contributed by atoms with van der Waals surface area (Å²) in [5.74, 6) is 0.942. The lowest BCUT2D eigenvalue weighted by Gasteiger charge is -2.40. The van der Waals surface area contributed by atoms with Crippen molar-refractivity contribution in [1.29, 1.82) is 0 Å². The van der Waals surface area contributed by atoms with E-state index in [4.69, 9.17) is 0 Å². The monoisotopic (exact) mass is 342 g/mol. The number of hydrogen-bond acceptors (Lipinski definition) is 3. The van der Waals surface area contributed by atoms with Crippen LogP contribution in [0.2, 0.25) is 0 Å². The average Bonchev–Trinajstić information content (AvgIpc) is 3.32. The van der Waals surface area contributed by atoms with Gasteiger partial charge in [-0.2, -0.15) is 0 Å². The molecule has 4 rings (SSSR count). The lowest BCUT2D eigenvalue weighted by Crippen LogP contribution is -2.52. The van der Waals surface area contributed by atoms with E-state index < -0.39 is 6.09 Å². The summed E-state index contributed by atoms with van der Waals surface area (Å²) >= 11 is 0. The van der Waals surface area contributed by atoms with Gasteiger partial charge >= 0.3 is 6.09 Å². The topological polar surface area (TPSA) is 58.6 Å². The van der Waals surface area contributed by atoms with Crippen molar-refractivity contribution in [1.82, 2.24) is 10.2 Å². The van der Waals surface area contributed by atoms with Crippen molar-refractivity contribution in [2.75, 3.05) is 20.2 Å². The second-order valence-electron chi connectivity index (χ2n) is 7.96. The number of nitrogens with zero attached hydrogens (tertiary/aromatic N) is 1. The molecule has 0 spiro atoms. The van der Waals surface area contributed by atoms with E-state index in [-0.39, 0.29) is 17.9 Å². The highest BCUT2D eigenvalue weighted by Gasteiger charge is 2.58. The van der Waals surface area contributed by atoms with Gasteiger partial charge in [-0.05, 0) is 44.1 Å². The summed E-state index contributed by atoms with van der Waals surface area (Å²) in [4.78, 5) is 26.0. The van der Waals surface area contributed by atoms with Crippen LogP contribution in [-0.2, 0) is 14.9 Å². The van der Waals surface area contributed by atoms with Gasteiger partial charge in [0.15, 0.2) is 0 Å². The number of carbonyl (C=O) groups excluding carboxylic acids is 2. The third-order valence-corrected chi connectivity index (χ3v) is 6.43. The summed E-state index contributed by atoms with van der Waals surface area (Å²) in [7, 11) is 1.36. The first kappa shape index (κ1) is 16.4. The molecular weight excluding hydrogens is 316 g/mol. The quantitative estimate of drug-likeness (QED) is 0.919. The van der Waals surface area contributed by atoms with E-state index >= 15 is 0 Å². The Morgan fingerprint density at radius 3 is 2.60 bits per heavy atom. The number of benzene rings is 1. The maximum Gasteiger partial charge on any atom is 0.407 e. The molecule has 25 heavy (non-hydrogen) atoms. The highest BCUT2D eigenvalue weighted by Crippen LogP contribution is 2.59. The lowest BCUT2D eigenvalue weighted by molar-refractivity contribution is -0.140. The molecule has 2 amide bonds. The van der Waals surface area contributed by atoms with Gasteiger partial charge < -0.3 is 15.0 Å². The molecule has 3 aliphatic rings. The summed E-state index contributed by atoms with van der Waals surface area (Å²) in [6.45, 7) is 3.86. The molecule has 2 aliphatic carbocycles. The Morgan fingerprint density at radius 1 is 1.24 bits per heavy atom. The second kappa shape index (κ2) is 6.04. The average molecular weight is 342 g/mol. The third-order valence-electron chi connectivity index (χ3n) is 6.43. The molecule has 134 valence electrons. The number of piperidine rings is 1. The van der Waals surface area contributed by atoms with E-state index in [2.05, 4.69) is 46.1 Å². The van der Waals surface area contributed by atoms with E-state index in [1.807, 2.05) is 0 Å². The molecule has 1 aromatic rings. The molecule has 1 N–H and O–H groups in total. The number of methoxy groups -OCH3 is 1. The minimum atomic E-state index is -0.408. The Kier molecular flexibility index (Phi) is 3.97. The number of amides is 2. The molecule has 1 heterocycles. The molecule has 3 fully saturated rings. The van der Waals surface area contributed by atoms with Crippen molar-refractivity contribution in [2.45, 2.75) is 44.1 Å². The minimum absolute atomic E-state index is 0.0628. The van der Waals surface area contributed by atoms with Gasteiger partial charge in [0, 0.05) is 30.5 Å². The molecule has 0 radical (unpaired) electrons. The molecule has 1 saturated heterocycles. The predicted molar refractivity (Wildman–Crippen MR) is 94.2 cm³/mol. The van der Waals surface area contributed by atoms with E-state index in [1.54, 1.807) is 0 Å². The molecule has 5 heteroatoms. The van der Waals surface area contributed by atoms with Crippen molar-refractivity contribution in [3.05, 3.63) is 35.4 Å². The van der Waals surface area contributed by atoms with Gasteiger partial charge in [-0.1, -0.05) is 29.8 Å². The summed E-state index contributed by atoms with van der Waals surface area (Å²) in [5.41, 5.74) is 3.06. The van der Waals surface area contributed by atoms with Crippen LogP contribution in [0.5, 0.6) is 0 Å². The molecule has 2 atom stereocenters. The minimum Gasteiger partial charge on any atom is -0.453 e. The Labute approximate surface area is 148 Å². The number of aryl methyl sites for hydroxylation is 1. The summed E-state index contributed by atoms with van der Waals surface area (Å²) in [6, 6.07) is 9.00. The van der Waals surface area contributed by atoms with Crippen molar-refractivity contribution < 1.29 is 14.3 Å². The highest BCUT2D eigenvalue weighted by atomic mass is 16.5. The first-order valence-electron chi connectivity index (χ1n) is 9.22. The summed E-state index contributed by atoms with van der Waals surface area (Å²) < 4.78 is 4.60. The zero-order valence-corrected chi connectivity index (χ0v) is 15.0. The van der Waals surface area contributed by atoms with Crippen LogP contribution < -0.4 is 5.32 Å². The molecule has 2 unspecified atom stereocenters. The van der Waals surface area contributed by atoms with Crippen LogP contribution >= 0.6 is 0 Å². The van der Waals surface area contributed by atoms with Crippen LogP contribution in [0.15, 0.2) is 24.3 Å². The van der Waals surface area contributed by atoms with E-state index in [9.17, 15) is 9.59 Å². The Balaban J connectivity index is 1.30. The van der Waals surface area contributed by atoms with Crippen LogP contribution in [0.4, 0.5) is 4.79 Å². The third kappa shape index (κ3) is 2.90. The van der Waals surface area contributed by atoms with Gasteiger partial charge in [0.25, 0.3) is 0 Å². The Hall–Kier alpha value is -2.04. The molecule has 1 aliphatic heterocycles. The van der Waals surface area contributed by atoms with Gasteiger partial charge in [-0.3, -0.25) is 4.79 Å². The fourth-order valence-corrected chi connectivity index (χ4v) is 4.62. The van der Waals surface area contributed by atoms with Crippen LogP contribution in [0.1, 0.15) is 36.8 Å². The van der Waals surface area contributed by atoms with Gasteiger partial charge in [0.2, 0.25) is 5.91 Å². The SMILES string of the molecule is COC(=O)NC1CC(C(=O)N2CCC3(c4ccc(C)cc4)CC3C2)C1. The molecule has 0 aromatic heterocycles. The first-order valence-corrected chi connectivity index (χ1v) is 9.22. The molecule has 0 bridgehead atoms. The van der Waals surface area contributed by atoms with Gasteiger partial charge in [-0.25, -0.2) is 4.79 Å². The molecular formula is C20H26N2O3. The van der Waals surface area contributed by atoms with Crippen molar-refractivity contribution in [3.63, 3.8) is 0 Å². The fraction of sp³-hybridized carbons (Fsp3) is 0.600. The van der Waals surface area contributed by atoms with E-state index in [0.29, 0.717) is 11.3 Å². The second-order valence-corrected chi connectivity index (χ2v) is 7.96. The predicted octanol–water partition coefficient (Wildman–Crippen LogP) is 2.62. The van der Waals surface area contributed by atoms with Crippen LogP contribution in [0.3, 0.4) is 0 Å². The smallest absolute Gasteiger partial charge is 0.407 e. The highest BCUT2D eigenvalue weighted by molar-refractivity contribution is 5.80. The van der Waals surface area contributed by atoms with Gasteiger partial charge in [0.1, 0.15) is 0 Å².